The van der Waals surface area contributed by atoms with Crippen LogP contribution in [0.5, 0.6) is 11.5 Å². The van der Waals surface area contributed by atoms with Crippen molar-refractivity contribution in [3.8, 4) is 56.0 Å². The Hall–Kier alpha value is -4.88. The standard InChI is InChI=1S/C38H30O/c1-27-23-33(29-15-7-3-8-16-29)37(34(24-27)30-17-9-4-10-18-30)39-38-35(31-19-11-5-12-20-31)25-28(2)26-36(38)32-21-13-6-14-22-32/h3-26H,1-2H3. The molecule has 0 radical (unpaired) electrons. The summed E-state index contributed by atoms with van der Waals surface area (Å²) in [6, 6.07) is 51.1. The molecular formula is C38H30O. The van der Waals surface area contributed by atoms with E-state index in [0.29, 0.717) is 0 Å². The molecule has 0 fully saturated rings. The second-order valence-corrected chi connectivity index (χ2v) is 9.94. The van der Waals surface area contributed by atoms with Gasteiger partial charge in [0.25, 0.3) is 0 Å². The molecular weight excluding hydrogens is 472 g/mol. The van der Waals surface area contributed by atoms with Crippen molar-refractivity contribution in [3.63, 3.8) is 0 Å². The third-order valence-corrected chi connectivity index (χ3v) is 7.01. The molecule has 6 aromatic carbocycles. The van der Waals surface area contributed by atoms with Crippen LogP contribution in [0, 0.1) is 13.8 Å². The summed E-state index contributed by atoms with van der Waals surface area (Å²) in [5.74, 6) is 1.72. The van der Waals surface area contributed by atoms with Crippen LogP contribution in [-0.2, 0) is 0 Å². The fourth-order valence-electron chi connectivity index (χ4n) is 5.20. The van der Waals surface area contributed by atoms with Crippen LogP contribution >= 0.6 is 0 Å². The van der Waals surface area contributed by atoms with Crippen LogP contribution < -0.4 is 4.74 Å². The molecule has 1 heteroatoms. The maximum absolute atomic E-state index is 7.23. The highest BCUT2D eigenvalue weighted by molar-refractivity contribution is 5.88. The van der Waals surface area contributed by atoms with Gasteiger partial charge in [-0.1, -0.05) is 121 Å². The van der Waals surface area contributed by atoms with Crippen LogP contribution in [0.3, 0.4) is 0 Å². The molecule has 0 saturated heterocycles. The highest BCUT2D eigenvalue weighted by atomic mass is 16.5. The first-order valence-electron chi connectivity index (χ1n) is 13.4. The van der Waals surface area contributed by atoms with E-state index >= 15 is 0 Å². The summed E-state index contributed by atoms with van der Waals surface area (Å²) in [5, 5.41) is 0. The predicted molar refractivity (Wildman–Crippen MR) is 164 cm³/mol. The maximum atomic E-state index is 7.23. The van der Waals surface area contributed by atoms with Gasteiger partial charge < -0.3 is 4.74 Å². The number of benzene rings is 6. The minimum Gasteiger partial charge on any atom is -0.455 e. The van der Waals surface area contributed by atoms with E-state index in [2.05, 4.69) is 159 Å². The molecule has 6 rings (SSSR count). The van der Waals surface area contributed by atoms with E-state index < -0.39 is 0 Å². The van der Waals surface area contributed by atoms with Crippen LogP contribution in [0.15, 0.2) is 146 Å². The minimum absolute atomic E-state index is 0.858. The fraction of sp³-hybridized carbons (Fsp3) is 0.0526. The van der Waals surface area contributed by atoms with E-state index in [1.54, 1.807) is 0 Å². The normalized spacial score (nSPS) is 10.8. The third-order valence-electron chi connectivity index (χ3n) is 7.01. The lowest BCUT2D eigenvalue weighted by molar-refractivity contribution is 0.489. The molecule has 0 N–H and O–H groups in total. The Bertz CT molecular complexity index is 1450. The first-order chi connectivity index (χ1) is 19.2. The molecule has 0 aromatic heterocycles. The van der Waals surface area contributed by atoms with Gasteiger partial charge in [0, 0.05) is 22.3 Å². The number of hydrogen-bond acceptors (Lipinski definition) is 1. The van der Waals surface area contributed by atoms with Crippen molar-refractivity contribution in [1.82, 2.24) is 0 Å². The number of hydrogen-bond donors (Lipinski definition) is 0. The smallest absolute Gasteiger partial charge is 0.143 e. The Balaban J connectivity index is 1.66. The summed E-state index contributed by atoms with van der Waals surface area (Å²) in [6.45, 7) is 4.30. The Morgan fingerprint density at radius 1 is 0.333 bits per heavy atom. The molecule has 0 unspecified atom stereocenters. The average molecular weight is 503 g/mol. The average Bonchev–Trinajstić information content (AvgIpc) is 3.00. The lowest BCUT2D eigenvalue weighted by Gasteiger charge is -2.22. The number of aryl methyl sites for hydroxylation is 2. The fourth-order valence-corrected chi connectivity index (χ4v) is 5.20. The molecule has 0 bridgehead atoms. The van der Waals surface area contributed by atoms with Gasteiger partial charge in [-0.3, -0.25) is 0 Å². The molecule has 0 aliphatic rings. The Labute approximate surface area is 231 Å². The van der Waals surface area contributed by atoms with E-state index in [0.717, 1.165) is 56.0 Å². The predicted octanol–water partition coefficient (Wildman–Crippen LogP) is 10.8. The van der Waals surface area contributed by atoms with Gasteiger partial charge in [-0.05, 0) is 71.5 Å². The molecule has 0 atom stereocenters. The van der Waals surface area contributed by atoms with Crippen LogP contribution in [0.2, 0.25) is 0 Å². The van der Waals surface area contributed by atoms with E-state index in [-0.39, 0.29) is 0 Å². The van der Waals surface area contributed by atoms with E-state index in [1.165, 1.54) is 11.1 Å². The van der Waals surface area contributed by atoms with Crippen molar-refractivity contribution < 1.29 is 4.74 Å². The largest absolute Gasteiger partial charge is 0.455 e. The highest BCUT2D eigenvalue weighted by Gasteiger charge is 2.21. The second-order valence-electron chi connectivity index (χ2n) is 9.94. The Morgan fingerprint density at radius 2 is 0.564 bits per heavy atom. The quantitative estimate of drug-likeness (QED) is 0.220. The van der Waals surface area contributed by atoms with Crippen molar-refractivity contribution in [3.05, 3.63) is 157 Å². The molecule has 39 heavy (non-hydrogen) atoms. The molecule has 0 amide bonds. The SMILES string of the molecule is Cc1cc(-c2ccccc2)c(Oc2c(-c3ccccc3)cc(C)cc2-c2ccccc2)c(-c2ccccc2)c1. The van der Waals surface area contributed by atoms with Crippen molar-refractivity contribution in [1.29, 1.82) is 0 Å². The topological polar surface area (TPSA) is 9.23 Å². The van der Waals surface area contributed by atoms with Crippen LogP contribution in [0.1, 0.15) is 11.1 Å². The van der Waals surface area contributed by atoms with Gasteiger partial charge in [0.2, 0.25) is 0 Å². The molecule has 1 nitrogen and oxygen atoms in total. The van der Waals surface area contributed by atoms with Gasteiger partial charge in [-0.2, -0.15) is 0 Å². The zero-order valence-corrected chi connectivity index (χ0v) is 22.3. The van der Waals surface area contributed by atoms with Gasteiger partial charge in [-0.25, -0.2) is 0 Å². The van der Waals surface area contributed by atoms with Crippen LogP contribution in [0.25, 0.3) is 44.5 Å². The molecule has 0 spiro atoms. The highest BCUT2D eigenvalue weighted by Crippen LogP contribution is 2.48. The molecule has 188 valence electrons. The van der Waals surface area contributed by atoms with Gasteiger partial charge in [0.1, 0.15) is 11.5 Å². The minimum atomic E-state index is 0.858. The zero-order valence-electron chi connectivity index (χ0n) is 22.3. The monoisotopic (exact) mass is 502 g/mol. The number of rotatable bonds is 6. The van der Waals surface area contributed by atoms with E-state index in [4.69, 9.17) is 4.74 Å². The Morgan fingerprint density at radius 3 is 0.795 bits per heavy atom. The van der Waals surface area contributed by atoms with E-state index in [1.807, 2.05) is 0 Å². The molecule has 0 aliphatic carbocycles. The van der Waals surface area contributed by atoms with E-state index in [9.17, 15) is 0 Å². The summed E-state index contributed by atoms with van der Waals surface area (Å²) in [5.41, 5.74) is 11.2. The zero-order chi connectivity index (χ0) is 26.6. The van der Waals surface area contributed by atoms with Crippen molar-refractivity contribution in [2.45, 2.75) is 13.8 Å². The van der Waals surface area contributed by atoms with Gasteiger partial charge in [0.05, 0.1) is 0 Å². The molecule has 6 aromatic rings. The van der Waals surface area contributed by atoms with Gasteiger partial charge in [-0.15, -0.1) is 0 Å². The second kappa shape index (κ2) is 10.8. The molecule has 0 heterocycles. The first-order valence-corrected chi connectivity index (χ1v) is 13.4. The lowest BCUT2D eigenvalue weighted by Crippen LogP contribution is -1.98. The van der Waals surface area contributed by atoms with Crippen molar-refractivity contribution >= 4 is 0 Å². The summed E-state index contributed by atoms with van der Waals surface area (Å²) >= 11 is 0. The maximum Gasteiger partial charge on any atom is 0.143 e. The summed E-state index contributed by atoms with van der Waals surface area (Å²) in [7, 11) is 0. The molecule has 0 saturated carbocycles. The first kappa shape index (κ1) is 24.5. The van der Waals surface area contributed by atoms with Crippen molar-refractivity contribution in [2.24, 2.45) is 0 Å². The summed E-state index contributed by atoms with van der Waals surface area (Å²) < 4.78 is 7.23. The van der Waals surface area contributed by atoms with Gasteiger partial charge in [0.15, 0.2) is 0 Å². The van der Waals surface area contributed by atoms with Crippen LogP contribution in [0.4, 0.5) is 0 Å². The summed E-state index contributed by atoms with van der Waals surface area (Å²) in [4.78, 5) is 0. The van der Waals surface area contributed by atoms with Crippen molar-refractivity contribution in [2.75, 3.05) is 0 Å². The van der Waals surface area contributed by atoms with Crippen LogP contribution in [-0.4, -0.2) is 0 Å². The lowest BCUT2D eigenvalue weighted by atomic mass is 9.93. The summed E-state index contributed by atoms with van der Waals surface area (Å²) in [6.07, 6.45) is 0. The third kappa shape index (κ3) is 5.12. The number of ether oxygens (including phenoxy) is 1. The van der Waals surface area contributed by atoms with Gasteiger partial charge >= 0.3 is 0 Å². The molecule has 0 aliphatic heterocycles. The Kier molecular flexibility index (Phi) is 6.80.